The molecule has 0 fully saturated rings. The van der Waals surface area contributed by atoms with E-state index in [9.17, 15) is 4.79 Å². The predicted molar refractivity (Wildman–Crippen MR) is 76.0 cm³/mol. The Labute approximate surface area is 115 Å². The van der Waals surface area contributed by atoms with E-state index in [4.69, 9.17) is 11.5 Å². The van der Waals surface area contributed by atoms with E-state index < -0.39 is 5.91 Å². The third kappa shape index (κ3) is 2.07. The molecule has 0 atom stereocenters. The number of carbonyl (C=O) groups excluding carboxylic acids is 1. The van der Waals surface area contributed by atoms with Crippen LogP contribution in [0.15, 0.2) is 42.9 Å². The molecule has 0 saturated carbocycles. The summed E-state index contributed by atoms with van der Waals surface area (Å²) in [5.41, 5.74) is 14.0. The maximum atomic E-state index is 11.1. The molecule has 0 aliphatic rings. The number of nitrogens with zero attached hydrogens (tertiary/aromatic N) is 3. The standard InChI is InChI=1S/C14H13N5O/c15-12-4-3-9(13-11(12)2-1-5-17-13)7-19-8-10(6-18-19)14(16)20/h1-6,8H,7,15H2,(H2,16,20). The molecule has 0 saturated heterocycles. The van der Waals surface area contributed by atoms with E-state index >= 15 is 0 Å². The van der Waals surface area contributed by atoms with Gasteiger partial charge in [0.1, 0.15) is 0 Å². The molecule has 0 radical (unpaired) electrons. The van der Waals surface area contributed by atoms with Crippen molar-refractivity contribution >= 4 is 22.5 Å². The Balaban J connectivity index is 2.02. The third-order valence-corrected chi connectivity index (χ3v) is 3.14. The van der Waals surface area contributed by atoms with Crippen LogP contribution in [-0.4, -0.2) is 20.7 Å². The van der Waals surface area contributed by atoms with E-state index in [0.717, 1.165) is 16.5 Å². The van der Waals surface area contributed by atoms with Crippen molar-refractivity contribution in [3.63, 3.8) is 0 Å². The molecule has 0 aliphatic carbocycles. The van der Waals surface area contributed by atoms with Gasteiger partial charge in [0.15, 0.2) is 0 Å². The molecule has 0 spiro atoms. The average Bonchev–Trinajstić information content (AvgIpc) is 2.91. The number of rotatable bonds is 3. The summed E-state index contributed by atoms with van der Waals surface area (Å²) in [6, 6.07) is 7.54. The zero-order valence-electron chi connectivity index (χ0n) is 10.7. The maximum Gasteiger partial charge on any atom is 0.251 e. The Morgan fingerprint density at radius 3 is 2.90 bits per heavy atom. The van der Waals surface area contributed by atoms with E-state index in [1.807, 2.05) is 24.3 Å². The van der Waals surface area contributed by atoms with E-state index in [1.54, 1.807) is 17.1 Å². The minimum absolute atomic E-state index is 0.387. The lowest BCUT2D eigenvalue weighted by molar-refractivity contribution is 0.1000. The van der Waals surface area contributed by atoms with Crippen LogP contribution in [0.25, 0.3) is 10.9 Å². The lowest BCUT2D eigenvalue weighted by atomic mass is 10.1. The van der Waals surface area contributed by atoms with Crippen molar-refractivity contribution in [2.24, 2.45) is 5.73 Å². The largest absolute Gasteiger partial charge is 0.398 e. The van der Waals surface area contributed by atoms with Gasteiger partial charge in [0, 0.05) is 23.5 Å². The van der Waals surface area contributed by atoms with Crippen LogP contribution < -0.4 is 11.5 Å². The van der Waals surface area contributed by atoms with E-state index in [2.05, 4.69) is 10.1 Å². The number of pyridine rings is 1. The number of nitrogen functional groups attached to an aromatic ring is 1. The smallest absolute Gasteiger partial charge is 0.251 e. The number of benzene rings is 1. The molecule has 6 nitrogen and oxygen atoms in total. The Kier molecular flexibility index (Phi) is 2.83. The Bertz CT molecular complexity index is 793. The molecule has 20 heavy (non-hydrogen) atoms. The summed E-state index contributed by atoms with van der Waals surface area (Å²) in [7, 11) is 0. The number of carbonyl (C=O) groups is 1. The topological polar surface area (TPSA) is 99.8 Å². The first-order valence-corrected chi connectivity index (χ1v) is 6.09. The number of nitrogens with two attached hydrogens (primary N) is 2. The van der Waals surface area contributed by atoms with Gasteiger partial charge in [0.05, 0.1) is 23.8 Å². The first-order valence-electron chi connectivity index (χ1n) is 6.09. The first kappa shape index (κ1) is 12.2. The monoisotopic (exact) mass is 267 g/mol. The molecule has 4 N–H and O–H groups in total. The van der Waals surface area contributed by atoms with Crippen molar-refractivity contribution in [2.75, 3.05) is 5.73 Å². The highest BCUT2D eigenvalue weighted by Gasteiger charge is 2.08. The molecular weight excluding hydrogens is 254 g/mol. The van der Waals surface area contributed by atoms with Crippen molar-refractivity contribution in [3.8, 4) is 0 Å². The van der Waals surface area contributed by atoms with Crippen LogP contribution in [0.3, 0.4) is 0 Å². The summed E-state index contributed by atoms with van der Waals surface area (Å²) in [4.78, 5) is 15.4. The normalized spacial score (nSPS) is 10.8. The van der Waals surface area contributed by atoms with Gasteiger partial charge in [-0.05, 0) is 23.8 Å². The summed E-state index contributed by atoms with van der Waals surface area (Å²) >= 11 is 0. The molecule has 2 heterocycles. The molecule has 0 bridgehead atoms. The second-order valence-corrected chi connectivity index (χ2v) is 4.50. The Morgan fingerprint density at radius 1 is 1.30 bits per heavy atom. The van der Waals surface area contributed by atoms with Gasteiger partial charge in [-0.2, -0.15) is 5.10 Å². The Hall–Kier alpha value is -2.89. The molecule has 1 amide bonds. The number of primary amides is 1. The highest BCUT2D eigenvalue weighted by Crippen LogP contribution is 2.23. The fourth-order valence-corrected chi connectivity index (χ4v) is 2.13. The summed E-state index contributed by atoms with van der Waals surface area (Å²) < 4.78 is 1.65. The van der Waals surface area contributed by atoms with E-state index in [0.29, 0.717) is 17.8 Å². The maximum absolute atomic E-state index is 11.1. The van der Waals surface area contributed by atoms with Crippen molar-refractivity contribution < 1.29 is 4.79 Å². The van der Waals surface area contributed by atoms with Crippen LogP contribution in [0.5, 0.6) is 0 Å². The number of aromatic nitrogens is 3. The highest BCUT2D eigenvalue weighted by molar-refractivity contribution is 5.93. The molecule has 3 rings (SSSR count). The second-order valence-electron chi connectivity index (χ2n) is 4.50. The molecule has 6 heteroatoms. The van der Waals surface area contributed by atoms with Gasteiger partial charge >= 0.3 is 0 Å². The average molecular weight is 267 g/mol. The number of fused-ring (bicyclic) bond motifs is 1. The van der Waals surface area contributed by atoms with Gasteiger partial charge in [-0.1, -0.05) is 6.07 Å². The van der Waals surface area contributed by atoms with E-state index in [-0.39, 0.29) is 0 Å². The summed E-state index contributed by atoms with van der Waals surface area (Å²) in [5, 5.41) is 5.03. The van der Waals surface area contributed by atoms with Crippen molar-refractivity contribution in [2.45, 2.75) is 6.54 Å². The minimum Gasteiger partial charge on any atom is -0.398 e. The fourth-order valence-electron chi connectivity index (χ4n) is 2.13. The van der Waals surface area contributed by atoms with Crippen LogP contribution in [-0.2, 0) is 6.54 Å². The SMILES string of the molecule is NC(=O)c1cnn(Cc2ccc(N)c3cccnc23)c1. The van der Waals surface area contributed by atoms with Crippen LogP contribution in [0.4, 0.5) is 5.69 Å². The van der Waals surface area contributed by atoms with Crippen molar-refractivity contribution in [1.82, 2.24) is 14.8 Å². The number of amides is 1. The van der Waals surface area contributed by atoms with Gasteiger partial charge in [-0.15, -0.1) is 0 Å². The van der Waals surface area contributed by atoms with Crippen molar-refractivity contribution in [3.05, 3.63) is 54.0 Å². The van der Waals surface area contributed by atoms with Gasteiger partial charge < -0.3 is 11.5 Å². The zero-order valence-corrected chi connectivity index (χ0v) is 10.7. The molecule has 0 aliphatic heterocycles. The molecule has 100 valence electrons. The van der Waals surface area contributed by atoms with Crippen molar-refractivity contribution in [1.29, 1.82) is 0 Å². The number of hydrogen-bond donors (Lipinski definition) is 2. The lowest BCUT2D eigenvalue weighted by Crippen LogP contribution is -2.09. The van der Waals surface area contributed by atoms with Crippen LogP contribution in [0, 0.1) is 0 Å². The first-order chi connectivity index (χ1) is 9.65. The van der Waals surface area contributed by atoms with Crippen LogP contribution >= 0.6 is 0 Å². The third-order valence-electron chi connectivity index (χ3n) is 3.14. The van der Waals surface area contributed by atoms with E-state index in [1.165, 1.54) is 6.20 Å². The second kappa shape index (κ2) is 4.65. The molecule has 0 unspecified atom stereocenters. The predicted octanol–water partition coefficient (Wildman–Crippen LogP) is 1.16. The molecule has 2 aromatic heterocycles. The summed E-state index contributed by atoms with van der Waals surface area (Å²) in [6.45, 7) is 0.501. The number of hydrogen-bond acceptors (Lipinski definition) is 4. The number of anilines is 1. The Morgan fingerprint density at radius 2 is 2.15 bits per heavy atom. The summed E-state index contributed by atoms with van der Waals surface area (Å²) in [6.07, 6.45) is 4.80. The molecule has 1 aromatic carbocycles. The van der Waals surface area contributed by atoms with Crippen LogP contribution in [0.1, 0.15) is 15.9 Å². The van der Waals surface area contributed by atoms with Gasteiger partial charge in [0.25, 0.3) is 5.91 Å². The quantitative estimate of drug-likeness (QED) is 0.695. The summed E-state index contributed by atoms with van der Waals surface area (Å²) in [5.74, 6) is -0.489. The van der Waals surface area contributed by atoms with Gasteiger partial charge in [0.2, 0.25) is 0 Å². The lowest BCUT2D eigenvalue weighted by Gasteiger charge is -2.08. The molecule has 3 aromatic rings. The van der Waals surface area contributed by atoms with Crippen LogP contribution in [0.2, 0.25) is 0 Å². The minimum atomic E-state index is -0.489. The van der Waals surface area contributed by atoms with Gasteiger partial charge in [-0.25, -0.2) is 0 Å². The molecular formula is C14H13N5O. The zero-order chi connectivity index (χ0) is 14.1. The highest BCUT2D eigenvalue weighted by atomic mass is 16.1. The fraction of sp³-hybridized carbons (Fsp3) is 0.0714. The van der Waals surface area contributed by atoms with Gasteiger partial charge in [-0.3, -0.25) is 14.5 Å².